The summed E-state index contributed by atoms with van der Waals surface area (Å²) in [5.41, 5.74) is 0. The minimum atomic E-state index is -0.491. The summed E-state index contributed by atoms with van der Waals surface area (Å²) < 4.78 is 5.63. The lowest BCUT2D eigenvalue weighted by molar-refractivity contribution is -0.137. The van der Waals surface area contributed by atoms with Crippen LogP contribution in [0.2, 0.25) is 0 Å². The second kappa shape index (κ2) is 6.06. The average Bonchev–Trinajstić information content (AvgIpc) is 2.88. The van der Waals surface area contributed by atoms with Gasteiger partial charge >= 0.3 is 0 Å². The van der Waals surface area contributed by atoms with Gasteiger partial charge in [-0.05, 0) is 32.4 Å². The van der Waals surface area contributed by atoms with Crippen molar-refractivity contribution in [2.75, 3.05) is 13.1 Å². The zero-order valence-electron chi connectivity index (χ0n) is 11.5. The van der Waals surface area contributed by atoms with E-state index in [1.807, 2.05) is 30.3 Å². The number of aliphatic hydroxyl groups is 1. The molecule has 1 saturated heterocycles. The molecule has 4 nitrogen and oxygen atoms in total. The van der Waals surface area contributed by atoms with Crippen molar-refractivity contribution in [3.63, 3.8) is 0 Å². The summed E-state index contributed by atoms with van der Waals surface area (Å²) in [7, 11) is 0. The van der Waals surface area contributed by atoms with E-state index in [0.717, 1.165) is 6.42 Å². The number of rotatable bonds is 4. The molecule has 4 heteroatoms. The Morgan fingerprint density at radius 1 is 1.37 bits per heavy atom. The van der Waals surface area contributed by atoms with Gasteiger partial charge in [-0.2, -0.15) is 0 Å². The number of hydrogen-bond donors (Lipinski definition) is 1. The lowest BCUT2D eigenvalue weighted by atomic mass is 10.0. The van der Waals surface area contributed by atoms with E-state index in [2.05, 4.69) is 0 Å². The van der Waals surface area contributed by atoms with Crippen molar-refractivity contribution in [3.8, 4) is 5.75 Å². The molecular formula is C15H21NO3. The molecular weight excluding hydrogens is 242 g/mol. The minimum Gasteiger partial charge on any atom is -0.481 e. The summed E-state index contributed by atoms with van der Waals surface area (Å²) in [6, 6.07) is 9.35. The molecule has 0 bridgehead atoms. The number of para-hydroxylation sites is 1. The van der Waals surface area contributed by atoms with Crippen molar-refractivity contribution in [3.05, 3.63) is 30.3 Å². The Hall–Kier alpha value is -1.55. The van der Waals surface area contributed by atoms with Crippen molar-refractivity contribution in [1.29, 1.82) is 0 Å². The van der Waals surface area contributed by atoms with Crippen LogP contribution in [0.1, 0.15) is 20.3 Å². The molecule has 104 valence electrons. The standard InChI is InChI=1S/C15H21NO3/c1-11(17)13-8-9-16(10-13)15(18)12(2)19-14-6-4-3-5-7-14/h3-7,11-13,17H,8-10H2,1-2H3. The molecule has 0 spiro atoms. The zero-order valence-corrected chi connectivity index (χ0v) is 11.5. The van der Waals surface area contributed by atoms with Gasteiger partial charge in [0.05, 0.1) is 6.10 Å². The first-order valence-electron chi connectivity index (χ1n) is 6.76. The summed E-state index contributed by atoms with van der Waals surface area (Å²) in [5, 5.41) is 9.56. The van der Waals surface area contributed by atoms with Crippen molar-refractivity contribution in [1.82, 2.24) is 4.90 Å². The Kier molecular flexibility index (Phi) is 4.43. The number of hydrogen-bond acceptors (Lipinski definition) is 3. The van der Waals surface area contributed by atoms with E-state index < -0.39 is 6.10 Å². The molecule has 0 saturated carbocycles. The van der Waals surface area contributed by atoms with Gasteiger partial charge in [0.1, 0.15) is 5.75 Å². The van der Waals surface area contributed by atoms with Crippen molar-refractivity contribution < 1.29 is 14.6 Å². The van der Waals surface area contributed by atoms with Crippen LogP contribution >= 0.6 is 0 Å². The summed E-state index contributed by atoms with van der Waals surface area (Å²) in [4.78, 5) is 14.0. The normalized spacial score (nSPS) is 22.1. The highest BCUT2D eigenvalue weighted by Gasteiger charge is 2.31. The lowest BCUT2D eigenvalue weighted by Gasteiger charge is -2.22. The van der Waals surface area contributed by atoms with Crippen LogP contribution in [0.3, 0.4) is 0 Å². The van der Waals surface area contributed by atoms with Gasteiger partial charge in [-0.25, -0.2) is 0 Å². The summed E-state index contributed by atoms with van der Waals surface area (Å²) in [6.45, 7) is 4.88. The molecule has 1 N–H and O–H groups in total. The number of carbonyl (C=O) groups is 1. The van der Waals surface area contributed by atoms with E-state index in [9.17, 15) is 9.90 Å². The summed E-state index contributed by atoms with van der Waals surface area (Å²) >= 11 is 0. The molecule has 0 aliphatic carbocycles. The van der Waals surface area contributed by atoms with Gasteiger partial charge in [0.15, 0.2) is 6.10 Å². The summed E-state index contributed by atoms with van der Waals surface area (Å²) in [5.74, 6) is 0.884. The topological polar surface area (TPSA) is 49.8 Å². The number of carbonyl (C=O) groups excluding carboxylic acids is 1. The molecule has 0 aromatic heterocycles. The second-order valence-electron chi connectivity index (χ2n) is 5.15. The van der Waals surface area contributed by atoms with E-state index in [4.69, 9.17) is 4.74 Å². The minimum absolute atomic E-state index is 0.00740. The first kappa shape index (κ1) is 13.9. The van der Waals surface area contributed by atoms with Crippen molar-refractivity contribution in [2.24, 2.45) is 5.92 Å². The summed E-state index contributed by atoms with van der Waals surface area (Å²) in [6.07, 6.45) is 0.0138. The Balaban J connectivity index is 1.90. The molecule has 1 heterocycles. The molecule has 1 amide bonds. The molecule has 3 atom stereocenters. The Morgan fingerprint density at radius 3 is 2.63 bits per heavy atom. The predicted molar refractivity (Wildman–Crippen MR) is 72.9 cm³/mol. The molecule has 1 aliphatic heterocycles. The maximum atomic E-state index is 12.2. The highest BCUT2D eigenvalue weighted by Crippen LogP contribution is 2.21. The number of likely N-dealkylation sites (tertiary alicyclic amines) is 1. The SMILES string of the molecule is CC(Oc1ccccc1)C(=O)N1CCC(C(C)O)C1. The molecule has 1 aromatic carbocycles. The molecule has 0 radical (unpaired) electrons. The fourth-order valence-corrected chi connectivity index (χ4v) is 2.39. The smallest absolute Gasteiger partial charge is 0.263 e. The molecule has 1 fully saturated rings. The quantitative estimate of drug-likeness (QED) is 0.899. The largest absolute Gasteiger partial charge is 0.481 e. The van der Waals surface area contributed by atoms with Gasteiger partial charge in [0.2, 0.25) is 0 Å². The molecule has 3 unspecified atom stereocenters. The van der Waals surface area contributed by atoms with Crippen LogP contribution in [0.4, 0.5) is 0 Å². The van der Waals surface area contributed by atoms with Gasteiger partial charge < -0.3 is 14.7 Å². The third-order valence-electron chi connectivity index (χ3n) is 3.62. The van der Waals surface area contributed by atoms with Crippen molar-refractivity contribution >= 4 is 5.91 Å². The van der Waals surface area contributed by atoms with E-state index in [0.29, 0.717) is 18.8 Å². The van der Waals surface area contributed by atoms with Crippen molar-refractivity contribution in [2.45, 2.75) is 32.5 Å². The van der Waals surface area contributed by atoms with Crippen LogP contribution in [0.15, 0.2) is 30.3 Å². The van der Waals surface area contributed by atoms with Gasteiger partial charge in [-0.15, -0.1) is 0 Å². The third kappa shape index (κ3) is 3.47. The van der Waals surface area contributed by atoms with Gasteiger partial charge in [0, 0.05) is 19.0 Å². The maximum absolute atomic E-state index is 12.2. The zero-order chi connectivity index (χ0) is 13.8. The monoisotopic (exact) mass is 263 g/mol. The van der Waals surface area contributed by atoms with Crippen LogP contribution in [0.5, 0.6) is 5.75 Å². The molecule has 1 aromatic rings. The number of amides is 1. The van der Waals surface area contributed by atoms with E-state index in [1.54, 1.807) is 18.7 Å². The number of nitrogens with zero attached hydrogens (tertiary/aromatic N) is 1. The first-order chi connectivity index (χ1) is 9.08. The number of ether oxygens (including phenoxy) is 1. The highest BCUT2D eigenvalue weighted by molar-refractivity contribution is 5.81. The van der Waals surface area contributed by atoms with E-state index in [-0.39, 0.29) is 17.9 Å². The first-order valence-corrected chi connectivity index (χ1v) is 6.76. The van der Waals surface area contributed by atoms with Crippen LogP contribution in [0.25, 0.3) is 0 Å². The van der Waals surface area contributed by atoms with Crippen LogP contribution in [-0.2, 0) is 4.79 Å². The molecule has 2 rings (SSSR count). The fourth-order valence-electron chi connectivity index (χ4n) is 2.39. The van der Waals surface area contributed by atoms with Gasteiger partial charge in [0.25, 0.3) is 5.91 Å². The van der Waals surface area contributed by atoms with Gasteiger partial charge in [-0.1, -0.05) is 18.2 Å². The third-order valence-corrected chi connectivity index (χ3v) is 3.62. The van der Waals surface area contributed by atoms with Crippen LogP contribution in [-0.4, -0.2) is 41.2 Å². The highest BCUT2D eigenvalue weighted by atomic mass is 16.5. The van der Waals surface area contributed by atoms with Crippen LogP contribution < -0.4 is 4.74 Å². The van der Waals surface area contributed by atoms with Crippen LogP contribution in [0, 0.1) is 5.92 Å². The second-order valence-corrected chi connectivity index (χ2v) is 5.15. The lowest BCUT2D eigenvalue weighted by Crippen LogP contribution is -2.39. The van der Waals surface area contributed by atoms with E-state index >= 15 is 0 Å². The fraction of sp³-hybridized carbons (Fsp3) is 0.533. The molecule has 19 heavy (non-hydrogen) atoms. The maximum Gasteiger partial charge on any atom is 0.263 e. The Labute approximate surface area is 114 Å². The van der Waals surface area contributed by atoms with E-state index in [1.165, 1.54) is 0 Å². The Bertz CT molecular complexity index is 419. The average molecular weight is 263 g/mol. The number of benzene rings is 1. The Morgan fingerprint density at radius 2 is 2.05 bits per heavy atom. The number of aliphatic hydroxyl groups excluding tert-OH is 1. The van der Waals surface area contributed by atoms with Gasteiger partial charge in [-0.3, -0.25) is 4.79 Å². The predicted octanol–water partition coefficient (Wildman–Crippen LogP) is 1.68. The molecule has 1 aliphatic rings.